The van der Waals surface area contributed by atoms with Crippen LogP contribution in [0.25, 0.3) is 22.3 Å². The van der Waals surface area contributed by atoms with Gasteiger partial charge in [0.1, 0.15) is 53.0 Å². The number of ether oxygens (including phenoxy) is 8. The van der Waals surface area contributed by atoms with E-state index in [1.807, 2.05) is 0 Å². The van der Waals surface area contributed by atoms with Crippen molar-refractivity contribution in [1.29, 1.82) is 0 Å². The standard InChI is InChI=1S/C33H38O17/c1-13-24(37)30(46-14(2)34)31(47-15(3)35)33(45-13)44-12-22-25(38)27(40)28(41)32(50-22)49-21-11-20-23(26(39)29(21)43-5)18(36)10-19(48-20)16-6-8-17(42-4)9-7-16/h6-11,13,22,24-25,27-28,30-33,37-41H,12H2,1-5H3/t13-,22+,24+,25-,27+,28-,30-,31-,32-,33-/m1/s1. The van der Waals surface area contributed by atoms with Crippen molar-refractivity contribution < 1.29 is 77.4 Å². The summed E-state index contributed by atoms with van der Waals surface area (Å²) in [5.74, 6) is -2.06. The third kappa shape index (κ3) is 7.48. The van der Waals surface area contributed by atoms with E-state index in [1.165, 1.54) is 33.3 Å². The molecule has 0 saturated carbocycles. The third-order valence-corrected chi connectivity index (χ3v) is 8.19. The van der Waals surface area contributed by atoms with E-state index in [4.69, 9.17) is 42.3 Å². The van der Waals surface area contributed by atoms with Crippen LogP contribution < -0.4 is 19.6 Å². The molecule has 0 spiro atoms. The summed E-state index contributed by atoms with van der Waals surface area (Å²) in [4.78, 5) is 36.7. The molecule has 0 bridgehead atoms. The Hall–Kier alpha value is -4.49. The van der Waals surface area contributed by atoms with Gasteiger partial charge in [-0.15, -0.1) is 0 Å². The highest BCUT2D eigenvalue weighted by atomic mass is 16.7. The van der Waals surface area contributed by atoms with Gasteiger partial charge in [-0.3, -0.25) is 14.4 Å². The van der Waals surface area contributed by atoms with E-state index in [1.54, 1.807) is 24.3 Å². The van der Waals surface area contributed by atoms with Gasteiger partial charge in [-0.2, -0.15) is 0 Å². The zero-order valence-corrected chi connectivity index (χ0v) is 27.6. The first kappa shape index (κ1) is 36.8. The maximum atomic E-state index is 13.1. The predicted octanol–water partition coefficient (Wildman–Crippen LogP) is 0.355. The molecular formula is C33H38O17. The van der Waals surface area contributed by atoms with Gasteiger partial charge in [0.05, 0.1) is 26.9 Å². The van der Waals surface area contributed by atoms with Gasteiger partial charge in [0.25, 0.3) is 0 Å². The quantitative estimate of drug-likeness (QED) is 0.179. The van der Waals surface area contributed by atoms with Crippen LogP contribution in [0.2, 0.25) is 0 Å². The van der Waals surface area contributed by atoms with Crippen LogP contribution in [0.5, 0.6) is 23.0 Å². The fraction of sp³-hybridized carbons (Fsp3) is 0.485. The van der Waals surface area contributed by atoms with Crippen LogP contribution in [0.1, 0.15) is 20.8 Å². The summed E-state index contributed by atoms with van der Waals surface area (Å²) in [5.41, 5.74) is -0.194. The maximum Gasteiger partial charge on any atom is 0.303 e. The van der Waals surface area contributed by atoms with Crippen molar-refractivity contribution in [2.24, 2.45) is 0 Å². The molecule has 5 rings (SSSR count). The fourth-order valence-electron chi connectivity index (χ4n) is 5.67. The lowest BCUT2D eigenvalue weighted by atomic mass is 9.98. The molecule has 0 aliphatic carbocycles. The summed E-state index contributed by atoms with van der Waals surface area (Å²) >= 11 is 0. The van der Waals surface area contributed by atoms with Crippen LogP contribution in [0, 0.1) is 0 Å². The first-order chi connectivity index (χ1) is 23.7. The number of hydrogen-bond acceptors (Lipinski definition) is 17. The number of carbonyl (C=O) groups is 2. The lowest BCUT2D eigenvalue weighted by molar-refractivity contribution is -0.320. The minimum Gasteiger partial charge on any atom is -0.504 e. The molecule has 0 amide bonds. The predicted molar refractivity (Wildman–Crippen MR) is 167 cm³/mol. The van der Waals surface area contributed by atoms with Crippen LogP contribution in [0.3, 0.4) is 0 Å². The highest BCUT2D eigenvalue weighted by molar-refractivity contribution is 5.89. The number of fused-ring (bicyclic) bond motifs is 1. The number of phenols is 1. The number of hydrogen-bond donors (Lipinski definition) is 5. The SMILES string of the molecule is COc1ccc(-c2cc(=O)c3c(O)c(OC)c(O[C@@H]4O[C@@H](CO[C@@H]5O[C@H](C)[C@H](O)[C@@H](OC(C)=O)[C@H]5OC(C)=O)[C@@H](O)[C@H](O)[C@H]4O)cc3o2)cc1. The Morgan fingerprint density at radius 2 is 1.48 bits per heavy atom. The second-order valence-corrected chi connectivity index (χ2v) is 11.6. The highest BCUT2D eigenvalue weighted by Crippen LogP contribution is 2.43. The van der Waals surface area contributed by atoms with Gasteiger partial charge in [-0.1, -0.05) is 0 Å². The molecule has 2 aromatic carbocycles. The topological polar surface area (TPSA) is 239 Å². The number of rotatable bonds is 10. The Morgan fingerprint density at radius 3 is 2.10 bits per heavy atom. The average Bonchev–Trinajstić information content (AvgIpc) is 3.07. The zero-order valence-electron chi connectivity index (χ0n) is 27.6. The molecule has 1 aromatic heterocycles. The number of methoxy groups -OCH3 is 2. The lowest BCUT2D eigenvalue weighted by Gasteiger charge is -2.43. The molecule has 2 aliphatic rings. The summed E-state index contributed by atoms with van der Waals surface area (Å²) < 4.78 is 49.9. The summed E-state index contributed by atoms with van der Waals surface area (Å²) in [5, 5.41) is 53.7. The average molecular weight is 707 g/mol. The number of carbonyl (C=O) groups excluding carboxylic acids is 2. The smallest absolute Gasteiger partial charge is 0.303 e. The monoisotopic (exact) mass is 706 g/mol. The van der Waals surface area contributed by atoms with Crippen LogP contribution in [0.4, 0.5) is 0 Å². The van der Waals surface area contributed by atoms with E-state index in [9.17, 15) is 39.9 Å². The third-order valence-electron chi connectivity index (χ3n) is 8.19. The van der Waals surface area contributed by atoms with Crippen LogP contribution in [0.15, 0.2) is 45.6 Å². The Morgan fingerprint density at radius 1 is 0.820 bits per heavy atom. The van der Waals surface area contributed by atoms with Crippen molar-refractivity contribution in [2.75, 3.05) is 20.8 Å². The highest BCUT2D eigenvalue weighted by Gasteiger charge is 2.50. The Balaban J connectivity index is 1.41. The Kier molecular flexibility index (Phi) is 11.2. The van der Waals surface area contributed by atoms with E-state index < -0.39 is 91.1 Å². The number of phenolic OH excluding ortho intramolecular Hbond substituents is 1. The normalized spacial score (nSPS) is 29.6. The molecule has 17 nitrogen and oxygen atoms in total. The molecule has 2 aliphatic heterocycles. The minimum atomic E-state index is -1.86. The molecule has 17 heteroatoms. The largest absolute Gasteiger partial charge is 0.504 e. The second-order valence-electron chi connectivity index (χ2n) is 11.6. The number of aliphatic hydroxyl groups is 4. The van der Waals surface area contributed by atoms with Crippen molar-refractivity contribution in [3.05, 3.63) is 46.6 Å². The number of benzene rings is 2. The number of aromatic hydroxyl groups is 1. The molecule has 0 unspecified atom stereocenters. The number of esters is 2. The van der Waals surface area contributed by atoms with Gasteiger partial charge in [0.15, 0.2) is 35.4 Å². The van der Waals surface area contributed by atoms with Crippen LogP contribution in [-0.4, -0.2) is 120 Å². The molecule has 10 atom stereocenters. The van der Waals surface area contributed by atoms with Crippen LogP contribution in [-0.2, 0) is 33.3 Å². The van der Waals surface area contributed by atoms with Gasteiger partial charge in [0, 0.05) is 31.5 Å². The molecule has 50 heavy (non-hydrogen) atoms. The van der Waals surface area contributed by atoms with Crippen molar-refractivity contribution in [3.63, 3.8) is 0 Å². The maximum absolute atomic E-state index is 13.1. The van der Waals surface area contributed by atoms with Crippen molar-refractivity contribution in [3.8, 4) is 34.3 Å². The van der Waals surface area contributed by atoms with Gasteiger partial charge in [0.2, 0.25) is 12.0 Å². The van der Waals surface area contributed by atoms with E-state index >= 15 is 0 Å². The Labute approximate surface area is 284 Å². The lowest BCUT2D eigenvalue weighted by Crippen LogP contribution is -2.62. The van der Waals surface area contributed by atoms with Crippen molar-refractivity contribution in [2.45, 2.75) is 82.2 Å². The van der Waals surface area contributed by atoms with Gasteiger partial charge in [-0.05, 0) is 31.2 Å². The molecule has 5 N–H and O–H groups in total. The van der Waals surface area contributed by atoms with Crippen molar-refractivity contribution in [1.82, 2.24) is 0 Å². The second kappa shape index (κ2) is 15.2. The van der Waals surface area contributed by atoms with Crippen LogP contribution >= 0.6 is 0 Å². The summed E-state index contributed by atoms with van der Waals surface area (Å²) in [7, 11) is 2.70. The minimum absolute atomic E-state index is 0.119. The van der Waals surface area contributed by atoms with Gasteiger partial charge in [-0.25, -0.2) is 0 Å². The Bertz CT molecular complexity index is 1740. The van der Waals surface area contributed by atoms with E-state index in [-0.39, 0.29) is 28.2 Å². The first-order valence-electron chi connectivity index (χ1n) is 15.4. The molecule has 0 radical (unpaired) electrons. The summed E-state index contributed by atoms with van der Waals surface area (Å²) in [6, 6.07) is 9.08. The fourth-order valence-corrected chi connectivity index (χ4v) is 5.67. The molecule has 2 fully saturated rings. The molecule has 2 saturated heterocycles. The molecule has 272 valence electrons. The first-order valence-corrected chi connectivity index (χ1v) is 15.4. The van der Waals surface area contributed by atoms with E-state index in [0.29, 0.717) is 11.3 Å². The number of aliphatic hydroxyl groups excluding tert-OH is 4. The zero-order chi connectivity index (χ0) is 36.4. The van der Waals surface area contributed by atoms with E-state index in [2.05, 4.69) is 0 Å². The summed E-state index contributed by atoms with van der Waals surface area (Å²) in [6.07, 6.45) is -15.2. The van der Waals surface area contributed by atoms with Crippen molar-refractivity contribution >= 4 is 22.9 Å². The van der Waals surface area contributed by atoms with Gasteiger partial charge >= 0.3 is 11.9 Å². The van der Waals surface area contributed by atoms with E-state index in [0.717, 1.165) is 13.8 Å². The van der Waals surface area contributed by atoms with Gasteiger partial charge < -0.3 is 67.8 Å². The summed E-state index contributed by atoms with van der Waals surface area (Å²) in [6.45, 7) is 3.09. The molecular weight excluding hydrogens is 668 g/mol. The molecule has 3 aromatic rings. The molecule has 3 heterocycles.